The second-order valence-corrected chi connectivity index (χ2v) is 9.50. The van der Waals surface area contributed by atoms with Crippen molar-refractivity contribution in [3.05, 3.63) is 65.7 Å². The van der Waals surface area contributed by atoms with E-state index < -0.39 is 48.4 Å². The number of phenols is 1. The number of hydrogen-bond acceptors (Lipinski definition) is 8. The number of rotatable bonds is 16. The molecule has 0 saturated heterocycles. The molecule has 0 fully saturated rings. The molecule has 0 aliphatic rings. The monoisotopic (exact) mass is 597 g/mol. The Hall–Kier alpha value is -5.34. The fraction of sp³-hybridized carbons (Fsp3) is 0.357. The van der Waals surface area contributed by atoms with Crippen LogP contribution in [0.3, 0.4) is 0 Å². The Bertz CT molecular complexity index is 1280. The highest BCUT2D eigenvalue weighted by atomic mass is 16.5. The Kier molecular flexibility index (Phi) is 13.8. The molecule has 0 heterocycles. The number of carbonyl (C=O) groups is 4. The number of esters is 1. The Morgan fingerprint density at radius 2 is 1.44 bits per heavy atom. The van der Waals surface area contributed by atoms with Gasteiger partial charge in [0.1, 0.15) is 30.4 Å². The van der Waals surface area contributed by atoms with Crippen LogP contribution in [-0.2, 0) is 36.8 Å². The van der Waals surface area contributed by atoms with Gasteiger partial charge in [0.25, 0.3) is 0 Å². The summed E-state index contributed by atoms with van der Waals surface area (Å²) in [6.45, 7) is -0.216. The number of hydrogen-bond donors (Lipinski definition) is 8. The van der Waals surface area contributed by atoms with E-state index in [1.165, 1.54) is 19.2 Å². The Morgan fingerprint density at radius 1 is 0.814 bits per heavy atom. The lowest BCUT2D eigenvalue weighted by atomic mass is 10.0. The number of amides is 3. The fourth-order valence-corrected chi connectivity index (χ4v) is 3.96. The minimum Gasteiger partial charge on any atom is -0.508 e. The quantitative estimate of drug-likeness (QED) is 0.0462. The Labute approximate surface area is 249 Å². The first-order valence-corrected chi connectivity index (χ1v) is 13.4. The van der Waals surface area contributed by atoms with Crippen molar-refractivity contribution in [3.8, 4) is 5.75 Å². The highest BCUT2D eigenvalue weighted by Gasteiger charge is 2.29. The molecule has 2 rings (SSSR count). The van der Waals surface area contributed by atoms with Gasteiger partial charge in [-0.3, -0.25) is 24.2 Å². The van der Waals surface area contributed by atoms with Gasteiger partial charge in [-0.1, -0.05) is 42.5 Å². The standard InChI is InChI=1S/C28H39N9O6/c1-43-23(39)16-34-24(40)21(14-17-6-3-2-4-7-17)36-25(41)20(8-5-13-33-27(29)30)35-26(42)22(37-28(31)32)15-18-9-11-19(38)12-10-18/h2-4,6-7,9-12,20-22,38H,5,8,13-16H2,1H3,(H,34,40)(H,35,42)(H,36,41)(H4,29,30,33)(H4,31,32,37)/t20-,21+,22+/m1/s1. The number of nitrogens with zero attached hydrogens (tertiary/aromatic N) is 2. The van der Waals surface area contributed by atoms with Crippen molar-refractivity contribution in [2.75, 3.05) is 20.2 Å². The number of benzene rings is 2. The molecule has 0 bridgehead atoms. The van der Waals surface area contributed by atoms with Crippen molar-refractivity contribution in [2.24, 2.45) is 32.9 Å². The molecule has 3 amide bonds. The van der Waals surface area contributed by atoms with Crippen LogP contribution in [0.5, 0.6) is 5.75 Å². The first-order valence-electron chi connectivity index (χ1n) is 13.4. The highest BCUT2D eigenvalue weighted by molar-refractivity contribution is 5.94. The molecule has 0 aromatic heterocycles. The minimum absolute atomic E-state index is 0.0461. The molecule has 15 nitrogen and oxygen atoms in total. The second kappa shape index (κ2) is 17.5. The van der Waals surface area contributed by atoms with Gasteiger partial charge in [0, 0.05) is 19.4 Å². The lowest BCUT2D eigenvalue weighted by molar-refractivity contribution is -0.141. The largest absolute Gasteiger partial charge is 0.508 e. The normalized spacial score (nSPS) is 12.5. The van der Waals surface area contributed by atoms with E-state index in [0.29, 0.717) is 12.0 Å². The van der Waals surface area contributed by atoms with Crippen LogP contribution in [0.2, 0.25) is 0 Å². The zero-order chi connectivity index (χ0) is 31.8. The van der Waals surface area contributed by atoms with E-state index in [2.05, 4.69) is 30.7 Å². The smallest absolute Gasteiger partial charge is 0.325 e. The van der Waals surface area contributed by atoms with Crippen LogP contribution in [0.4, 0.5) is 0 Å². The summed E-state index contributed by atoms with van der Waals surface area (Å²) >= 11 is 0. The zero-order valence-corrected chi connectivity index (χ0v) is 23.9. The summed E-state index contributed by atoms with van der Waals surface area (Å²) < 4.78 is 4.57. The third-order valence-corrected chi connectivity index (χ3v) is 6.10. The fourth-order valence-electron chi connectivity index (χ4n) is 3.96. The van der Waals surface area contributed by atoms with Gasteiger partial charge in [0.15, 0.2) is 11.9 Å². The molecule has 0 saturated carbocycles. The number of phenolic OH excluding ortho intramolecular Hbond substituents is 1. The molecule has 12 N–H and O–H groups in total. The van der Waals surface area contributed by atoms with Gasteiger partial charge >= 0.3 is 5.97 Å². The van der Waals surface area contributed by atoms with Crippen LogP contribution in [0.25, 0.3) is 0 Å². The third-order valence-electron chi connectivity index (χ3n) is 6.10. The van der Waals surface area contributed by atoms with E-state index >= 15 is 0 Å². The molecular formula is C28H39N9O6. The van der Waals surface area contributed by atoms with E-state index in [4.69, 9.17) is 22.9 Å². The molecule has 2 aromatic carbocycles. The summed E-state index contributed by atoms with van der Waals surface area (Å²) in [6, 6.07) is 11.7. The number of aliphatic imine (C=N–C) groups is 2. The zero-order valence-electron chi connectivity index (χ0n) is 23.9. The number of guanidine groups is 2. The van der Waals surface area contributed by atoms with Crippen molar-refractivity contribution in [1.29, 1.82) is 0 Å². The molecule has 3 atom stereocenters. The van der Waals surface area contributed by atoms with Crippen molar-refractivity contribution >= 4 is 35.6 Å². The minimum atomic E-state index is -1.13. The second-order valence-electron chi connectivity index (χ2n) is 9.50. The molecule has 15 heteroatoms. The Balaban J connectivity index is 2.28. The molecule has 43 heavy (non-hydrogen) atoms. The SMILES string of the molecule is COC(=O)CNC(=O)[C@H](Cc1ccccc1)NC(=O)[C@@H](CCCN=C(N)N)NC(=O)[C@H](Cc1ccc(O)cc1)N=C(N)N. The number of nitrogens with one attached hydrogen (secondary N) is 3. The van der Waals surface area contributed by atoms with Crippen molar-refractivity contribution in [2.45, 2.75) is 43.8 Å². The highest BCUT2D eigenvalue weighted by Crippen LogP contribution is 2.13. The molecule has 0 aliphatic carbocycles. The predicted octanol–water partition coefficient (Wildman–Crippen LogP) is -1.87. The van der Waals surface area contributed by atoms with Crippen LogP contribution in [0, 0.1) is 0 Å². The van der Waals surface area contributed by atoms with Crippen LogP contribution in [0.1, 0.15) is 24.0 Å². The van der Waals surface area contributed by atoms with Gasteiger partial charge in [-0.15, -0.1) is 0 Å². The van der Waals surface area contributed by atoms with E-state index in [1.54, 1.807) is 36.4 Å². The van der Waals surface area contributed by atoms with E-state index in [9.17, 15) is 24.3 Å². The maximum absolute atomic E-state index is 13.6. The van der Waals surface area contributed by atoms with Crippen LogP contribution >= 0.6 is 0 Å². The number of aromatic hydroxyl groups is 1. The van der Waals surface area contributed by atoms with Crippen LogP contribution in [-0.4, -0.2) is 79.0 Å². The molecule has 232 valence electrons. The summed E-state index contributed by atoms with van der Waals surface area (Å²) in [6.07, 6.45) is 0.577. The number of ether oxygens (including phenoxy) is 1. The van der Waals surface area contributed by atoms with Crippen LogP contribution in [0.15, 0.2) is 64.6 Å². The van der Waals surface area contributed by atoms with Crippen molar-refractivity contribution < 1.29 is 29.0 Å². The van der Waals surface area contributed by atoms with Gasteiger partial charge in [0.05, 0.1) is 7.11 Å². The summed E-state index contributed by atoms with van der Waals surface area (Å²) in [7, 11) is 1.19. The Morgan fingerprint density at radius 3 is 2.05 bits per heavy atom. The van der Waals surface area contributed by atoms with E-state index in [1.807, 2.05) is 6.07 Å². The molecule has 2 aromatic rings. The van der Waals surface area contributed by atoms with Gasteiger partial charge in [-0.2, -0.15) is 0 Å². The topological polar surface area (TPSA) is 263 Å². The van der Waals surface area contributed by atoms with E-state index in [0.717, 1.165) is 5.56 Å². The summed E-state index contributed by atoms with van der Waals surface area (Å²) in [4.78, 5) is 59.5. The first-order chi connectivity index (χ1) is 20.5. The van der Waals surface area contributed by atoms with Crippen molar-refractivity contribution in [1.82, 2.24) is 16.0 Å². The lowest BCUT2D eigenvalue weighted by Gasteiger charge is -2.24. The summed E-state index contributed by atoms with van der Waals surface area (Å²) in [5.74, 6) is -3.03. The summed E-state index contributed by atoms with van der Waals surface area (Å²) in [5.41, 5.74) is 23.3. The average molecular weight is 598 g/mol. The van der Waals surface area contributed by atoms with Gasteiger partial charge < -0.3 is 48.7 Å². The van der Waals surface area contributed by atoms with Gasteiger partial charge in [-0.05, 0) is 36.1 Å². The number of nitrogens with two attached hydrogens (primary N) is 4. The maximum Gasteiger partial charge on any atom is 0.325 e. The molecule has 0 unspecified atom stereocenters. The predicted molar refractivity (Wildman–Crippen MR) is 160 cm³/mol. The average Bonchev–Trinajstić information content (AvgIpc) is 2.97. The van der Waals surface area contributed by atoms with Crippen LogP contribution < -0.4 is 38.9 Å². The molecule has 0 aliphatic heterocycles. The van der Waals surface area contributed by atoms with E-state index in [-0.39, 0.29) is 43.5 Å². The molecular weight excluding hydrogens is 558 g/mol. The van der Waals surface area contributed by atoms with Gasteiger partial charge in [-0.25, -0.2) is 4.99 Å². The summed E-state index contributed by atoms with van der Waals surface area (Å²) in [5, 5.41) is 17.4. The molecule has 0 radical (unpaired) electrons. The lowest BCUT2D eigenvalue weighted by Crippen LogP contribution is -2.56. The third kappa shape index (κ3) is 12.8. The first kappa shape index (κ1) is 33.9. The number of carbonyl (C=O) groups excluding carboxylic acids is 4. The van der Waals surface area contributed by atoms with Gasteiger partial charge in [0.2, 0.25) is 17.7 Å². The maximum atomic E-state index is 13.6. The van der Waals surface area contributed by atoms with Crippen molar-refractivity contribution in [3.63, 3.8) is 0 Å². The number of methoxy groups -OCH3 is 1. The molecule has 0 spiro atoms.